The van der Waals surface area contributed by atoms with Crippen LogP contribution in [0.1, 0.15) is 17.5 Å². The number of thiazole rings is 1. The Kier molecular flexibility index (Phi) is 5.89. The Hall–Kier alpha value is -4.16. The summed E-state index contributed by atoms with van der Waals surface area (Å²) in [4.78, 5) is 33.9. The Bertz CT molecular complexity index is 1540. The maximum atomic E-state index is 14.2. The van der Waals surface area contributed by atoms with Gasteiger partial charge in [-0.1, -0.05) is 11.3 Å². The number of aryl methyl sites for hydroxylation is 1. The molecule has 6 rings (SSSR count). The molecule has 2 aliphatic rings. The van der Waals surface area contributed by atoms with Crippen molar-refractivity contribution < 1.29 is 18.7 Å². The summed E-state index contributed by atoms with van der Waals surface area (Å²) in [5.41, 5.74) is 9.40. The van der Waals surface area contributed by atoms with Gasteiger partial charge in [0.05, 0.1) is 29.3 Å². The lowest BCUT2D eigenvalue weighted by molar-refractivity contribution is -0.114. The number of aromatic nitrogens is 4. The van der Waals surface area contributed by atoms with Gasteiger partial charge in [-0.2, -0.15) is 9.37 Å². The topological polar surface area (TPSA) is 120 Å². The Morgan fingerprint density at radius 1 is 1.14 bits per heavy atom. The van der Waals surface area contributed by atoms with Crippen molar-refractivity contribution in [2.45, 2.75) is 13.2 Å². The highest BCUT2D eigenvalue weighted by molar-refractivity contribution is 7.22. The van der Waals surface area contributed by atoms with E-state index in [-0.39, 0.29) is 5.70 Å². The third-order valence-corrected chi connectivity index (χ3v) is 7.21. The number of ether oxygens (including phenoxy) is 2. The lowest BCUT2D eigenvalue weighted by atomic mass is 10.1. The number of hydrogen-bond donors (Lipinski definition) is 1. The van der Waals surface area contributed by atoms with Gasteiger partial charge in [-0.3, -0.25) is 14.7 Å². The number of morpholine rings is 1. The van der Waals surface area contributed by atoms with Gasteiger partial charge in [0, 0.05) is 48.4 Å². The molecule has 2 aliphatic heterocycles. The van der Waals surface area contributed by atoms with Crippen LogP contribution in [0.4, 0.5) is 15.2 Å². The molecule has 10 nitrogen and oxygen atoms in total. The molecule has 0 radical (unpaired) electrons. The Morgan fingerprint density at radius 3 is 2.70 bits per heavy atom. The van der Waals surface area contributed by atoms with Crippen LogP contribution in [0.15, 0.2) is 54.7 Å². The number of halogens is 1. The second-order valence-electron chi connectivity index (χ2n) is 8.60. The normalized spacial score (nSPS) is 17.7. The fourth-order valence-corrected chi connectivity index (χ4v) is 5.43. The number of primary amides is 1. The number of amides is 1. The molecule has 0 aromatic carbocycles. The molecule has 6 heterocycles. The lowest BCUT2D eigenvalue weighted by Gasteiger charge is -2.28. The van der Waals surface area contributed by atoms with Gasteiger partial charge < -0.3 is 20.1 Å². The number of carbonyl (C=O) groups is 1. The summed E-state index contributed by atoms with van der Waals surface area (Å²) >= 11 is 1.49. The molecule has 1 fully saturated rings. The Labute approximate surface area is 215 Å². The fraction of sp³-hybridized carbons (Fsp3) is 0.240. The first-order chi connectivity index (χ1) is 18.0. The van der Waals surface area contributed by atoms with Gasteiger partial charge >= 0.3 is 0 Å². The van der Waals surface area contributed by atoms with E-state index in [2.05, 4.69) is 14.9 Å². The van der Waals surface area contributed by atoms with Crippen molar-refractivity contribution in [3.63, 3.8) is 0 Å². The van der Waals surface area contributed by atoms with Crippen molar-refractivity contribution in [3.05, 3.63) is 71.9 Å². The van der Waals surface area contributed by atoms with E-state index in [1.807, 2.05) is 25.1 Å². The standard InChI is InChI=1S/C25H22FN7O3S/c1-14-10-16(3-4-28-14)24-33(18(13-36-24)22(27)34)17-12-19-23(30-21(17)15-2-5-29-20(26)11-15)31-25(37-19)32-6-8-35-9-7-32/h2-5,10-13,24H,6-9H2,1H3,(H2,27,34). The molecule has 2 N–H and O–H groups in total. The van der Waals surface area contributed by atoms with E-state index < -0.39 is 18.1 Å². The zero-order valence-electron chi connectivity index (χ0n) is 19.8. The van der Waals surface area contributed by atoms with Crippen LogP contribution in [0.3, 0.4) is 0 Å². The summed E-state index contributed by atoms with van der Waals surface area (Å²) in [7, 11) is 0. The number of nitrogens with zero attached hydrogens (tertiary/aromatic N) is 6. The number of rotatable bonds is 5. The van der Waals surface area contributed by atoms with E-state index in [0.717, 1.165) is 34.2 Å². The number of nitrogens with two attached hydrogens (primary N) is 1. The van der Waals surface area contributed by atoms with Gasteiger partial charge in [-0.05, 0) is 31.2 Å². The minimum Gasteiger partial charge on any atom is -0.471 e. The fourth-order valence-electron chi connectivity index (χ4n) is 4.43. The van der Waals surface area contributed by atoms with Crippen LogP contribution in [0.25, 0.3) is 21.6 Å². The molecule has 12 heteroatoms. The first-order valence-corrected chi connectivity index (χ1v) is 12.4. The van der Waals surface area contributed by atoms with Gasteiger partial charge in [0.25, 0.3) is 5.91 Å². The highest BCUT2D eigenvalue weighted by atomic mass is 32.1. The number of pyridine rings is 3. The number of fused-ring (bicyclic) bond motifs is 1. The van der Waals surface area contributed by atoms with Crippen LogP contribution in [-0.2, 0) is 14.3 Å². The summed E-state index contributed by atoms with van der Waals surface area (Å²) in [6.45, 7) is 4.58. The molecule has 4 aromatic heterocycles. The third-order valence-electron chi connectivity index (χ3n) is 6.15. The van der Waals surface area contributed by atoms with E-state index in [0.29, 0.717) is 35.8 Å². The molecule has 4 aromatic rings. The van der Waals surface area contributed by atoms with Crippen molar-refractivity contribution in [1.82, 2.24) is 19.9 Å². The second-order valence-corrected chi connectivity index (χ2v) is 9.61. The maximum Gasteiger partial charge on any atom is 0.268 e. The number of hydrogen-bond acceptors (Lipinski definition) is 10. The quantitative estimate of drug-likeness (QED) is 0.396. The first-order valence-electron chi connectivity index (χ1n) is 11.6. The zero-order chi connectivity index (χ0) is 25.5. The minimum absolute atomic E-state index is 0.148. The molecule has 0 saturated carbocycles. The minimum atomic E-state index is -0.708. The van der Waals surface area contributed by atoms with E-state index in [4.69, 9.17) is 25.2 Å². The summed E-state index contributed by atoms with van der Waals surface area (Å²) in [5.74, 6) is -1.32. The molecular weight excluding hydrogens is 497 g/mol. The Balaban J connectivity index is 1.55. The molecule has 0 bridgehead atoms. The van der Waals surface area contributed by atoms with E-state index >= 15 is 0 Å². The van der Waals surface area contributed by atoms with Crippen molar-refractivity contribution in [3.8, 4) is 11.3 Å². The summed E-state index contributed by atoms with van der Waals surface area (Å²) < 4.78 is 26.4. The predicted octanol–water partition coefficient (Wildman–Crippen LogP) is 3.29. The van der Waals surface area contributed by atoms with E-state index in [9.17, 15) is 9.18 Å². The molecule has 1 atom stereocenters. The zero-order valence-corrected chi connectivity index (χ0v) is 20.6. The van der Waals surface area contributed by atoms with Gasteiger partial charge in [0.1, 0.15) is 12.0 Å². The van der Waals surface area contributed by atoms with Gasteiger partial charge in [0.2, 0.25) is 12.2 Å². The lowest BCUT2D eigenvalue weighted by Crippen LogP contribution is -2.36. The smallest absolute Gasteiger partial charge is 0.268 e. The highest BCUT2D eigenvalue weighted by Crippen LogP contribution is 2.44. The summed E-state index contributed by atoms with van der Waals surface area (Å²) in [5, 5.41) is 0.819. The largest absolute Gasteiger partial charge is 0.471 e. The summed E-state index contributed by atoms with van der Waals surface area (Å²) in [6.07, 6.45) is 3.68. The maximum absolute atomic E-state index is 14.2. The molecule has 0 spiro atoms. The highest BCUT2D eigenvalue weighted by Gasteiger charge is 2.36. The predicted molar refractivity (Wildman–Crippen MR) is 136 cm³/mol. The second kappa shape index (κ2) is 9.37. The Morgan fingerprint density at radius 2 is 1.95 bits per heavy atom. The number of anilines is 2. The molecular formula is C25H22FN7O3S. The van der Waals surface area contributed by atoms with Crippen LogP contribution < -0.4 is 15.5 Å². The van der Waals surface area contributed by atoms with Crippen LogP contribution in [0, 0.1) is 12.9 Å². The van der Waals surface area contributed by atoms with Crippen LogP contribution in [0.2, 0.25) is 0 Å². The molecule has 1 unspecified atom stereocenters. The van der Waals surface area contributed by atoms with E-state index in [1.165, 1.54) is 29.9 Å². The average molecular weight is 520 g/mol. The monoisotopic (exact) mass is 519 g/mol. The van der Waals surface area contributed by atoms with Crippen molar-refractivity contribution in [2.75, 3.05) is 36.1 Å². The van der Waals surface area contributed by atoms with Crippen molar-refractivity contribution in [1.29, 1.82) is 0 Å². The van der Waals surface area contributed by atoms with Crippen LogP contribution in [0.5, 0.6) is 0 Å². The van der Waals surface area contributed by atoms with Gasteiger partial charge in [-0.15, -0.1) is 0 Å². The molecule has 1 amide bonds. The van der Waals surface area contributed by atoms with Crippen LogP contribution in [-0.4, -0.2) is 52.1 Å². The van der Waals surface area contributed by atoms with Crippen LogP contribution >= 0.6 is 11.3 Å². The van der Waals surface area contributed by atoms with Gasteiger partial charge in [0.15, 0.2) is 10.8 Å². The molecule has 1 saturated heterocycles. The molecule has 37 heavy (non-hydrogen) atoms. The molecule has 0 aliphatic carbocycles. The van der Waals surface area contributed by atoms with E-state index in [1.54, 1.807) is 17.2 Å². The first kappa shape index (κ1) is 23.3. The number of carbonyl (C=O) groups excluding carboxylic acids is 1. The third kappa shape index (κ3) is 4.34. The average Bonchev–Trinajstić information content (AvgIpc) is 3.53. The van der Waals surface area contributed by atoms with Crippen molar-refractivity contribution in [2.24, 2.45) is 5.73 Å². The molecule has 188 valence electrons. The summed E-state index contributed by atoms with van der Waals surface area (Å²) in [6, 6.07) is 8.53. The van der Waals surface area contributed by atoms with Gasteiger partial charge in [-0.25, -0.2) is 9.97 Å². The van der Waals surface area contributed by atoms with Crippen molar-refractivity contribution >= 4 is 38.4 Å². The SMILES string of the molecule is Cc1cc(C2OC=C(C(N)=O)N2c2cc3sc(N4CCOCC4)nc3nc2-c2ccnc(F)c2)ccn1.